The molecule has 7 rings (SSSR count). The molecule has 4 aromatic carbocycles. The molecule has 0 N–H and O–H groups in total. The van der Waals surface area contributed by atoms with Crippen molar-refractivity contribution in [1.29, 1.82) is 0 Å². The molecule has 0 radical (unpaired) electrons. The smallest absolute Gasteiger partial charge is 1.00 e. The first-order valence-electron chi connectivity index (χ1n) is 17.3. The maximum Gasteiger partial charge on any atom is -1.00 e. The minimum Gasteiger partial charge on any atom is -1.00 e. The van der Waals surface area contributed by atoms with E-state index in [-0.39, 0.29) is 24.8 Å². The molecule has 5 heteroatoms. The molecule has 1 saturated heterocycles. The van der Waals surface area contributed by atoms with E-state index in [1.807, 2.05) is 0 Å². The largest absolute Gasteiger partial charge is 1.00 e. The summed E-state index contributed by atoms with van der Waals surface area (Å²) in [5, 5.41) is 0. The molecule has 2 nitrogen and oxygen atoms in total. The Labute approximate surface area is 305 Å². The number of fused-ring (bicyclic) bond motifs is 2. The van der Waals surface area contributed by atoms with Crippen molar-refractivity contribution in [2.24, 2.45) is 11.8 Å². The molecule has 1 heterocycles. The minimum absolute atomic E-state index is 0. The van der Waals surface area contributed by atoms with Crippen molar-refractivity contribution in [3.05, 3.63) is 118 Å². The number of halogens is 2. The Balaban J connectivity index is 0.00000225. The van der Waals surface area contributed by atoms with Crippen molar-refractivity contribution < 1.29 is 54.3 Å². The van der Waals surface area contributed by atoms with Crippen molar-refractivity contribution in [2.75, 3.05) is 14.2 Å². The fourth-order valence-corrected chi connectivity index (χ4v) is 31.5. The molecule has 250 valence electrons. The van der Waals surface area contributed by atoms with Gasteiger partial charge in [0, 0.05) is 0 Å². The standard InChI is InChI=1S/2C20H21O.C3H6.2ClH.Hf/c2*1-14(2)11-15-12-17-5-4-6-19(20(17)13-15)16-7-9-18(21-3)10-8-16;1-3-2;;;/h2*4-10,12-14H,11H2,1-3H3;1-3H2;2*1H;/q;;;;;+2/p-2. The molecule has 1 aliphatic heterocycles. The van der Waals surface area contributed by atoms with Crippen LogP contribution in [0.1, 0.15) is 76.6 Å². The van der Waals surface area contributed by atoms with Gasteiger partial charge >= 0.3 is 282 Å². The molecule has 3 aliphatic rings. The topological polar surface area (TPSA) is 18.5 Å². The van der Waals surface area contributed by atoms with Gasteiger partial charge in [0.25, 0.3) is 0 Å². The molecule has 0 amide bonds. The summed E-state index contributed by atoms with van der Waals surface area (Å²) in [7, 11) is 3.49. The van der Waals surface area contributed by atoms with E-state index in [1.165, 1.54) is 61.0 Å². The van der Waals surface area contributed by atoms with Crippen LogP contribution in [0.4, 0.5) is 0 Å². The van der Waals surface area contributed by atoms with Crippen LogP contribution < -0.4 is 34.3 Å². The Morgan fingerprint density at radius 2 is 0.979 bits per heavy atom. The second-order valence-electron chi connectivity index (χ2n) is 14.7. The fourth-order valence-electron chi connectivity index (χ4n) is 8.96. The van der Waals surface area contributed by atoms with Gasteiger partial charge in [-0.25, -0.2) is 0 Å². The molecule has 0 bridgehead atoms. The number of benzene rings is 4. The second kappa shape index (κ2) is 15.1. The van der Waals surface area contributed by atoms with E-state index in [9.17, 15) is 0 Å². The van der Waals surface area contributed by atoms with Crippen LogP contribution in [0.15, 0.2) is 96.1 Å². The van der Waals surface area contributed by atoms with Gasteiger partial charge in [0.2, 0.25) is 0 Å². The zero-order valence-corrected chi connectivity index (χ0v) is 34.3. The molecular weight excluding hydrogens is 798 g/mol. The van der Waals surface area contributed by atoms with Gasteiger partial charge in [-0.2, -0.15) is 0 Å². The number of methoxy groups -OCH3 is 2. The van der Waals surface area contributed by atoms with E-state index in [4.69, 9.17) is 9.47 Å². The van der Waals surface area contributed by atoms with Gasteiger partial charge < -0.3 is 24.8 Å². The predicted octanol–water partition coefficient (Wildman–Crippen LogP) is 6.11. The van der Waals surface area contributed by atoms with Crippen molar-refractivity contribution in [2.45, 2.75) is 62.7 Å². The summed E-state index contributed by atoms with van der Waals surface area (Å²) >= 11 is -3.13. The van der Waals surface area contributed by atoms with Crippen LogP contribution in [0.5, 0.6) is 11.5 Å². The first-order valence-corrected chi connectivity index (χ1v) is 26.5. The van der Waals surface area contributed by atoms with Gasteiger partial charge in [-0.15, -0.1) is 0 Å². The number of ether oxygens (including phenoxy) is 2. The molecule has 1 fully saturated rings. The Kier molecular flexibility index (Phi) is 11.6. The summed E-state index contributed by atoms with van der Waals surface area (Å²) in [4.78, 5) is 0. The molecular formula is C43H48Cl2HfO2. The van der Waals surface area contributed by atoms with Crippen LogP contribution in [0.2, 0.25) is 8.35 Å². The fraction of sp³-hybridized carbons (Fsp3) is 0.349. The molecule has 48 heavy (non-hydrogen) atoms. The van der Waals surface area contributed by atoms with Crippen LogP contribution in [0.3, 0.4) is 0 Å². The number of allylic oxidation sites excluding steroid dienone is 2. The monoisotopic (exact) mass is 846 g/mol. The van der Waals surface area contributed by atoms with Crippen molar-refractivity contribution in [1.82, 2.24) is 0 Å². The SMILES string of the molecule is COc1ccc(-c2cccc3c2C=C(CC(C)C)[CH]3[Hf+2]2([CH]3C(CC(C)C)=Cc4c(-c5ccc(OC)cc5)cccc43)[CH2]C[CH2]2)cc1.[Cl-].[Cl-]. The third kappa shape index (κ3) is 6.52. The maximum absolute atomic E-state index is 5.50. The first kappa shape index (κ1) is 36.7. The minimum atomic E-state index is -3.13. The van der Waals surface area contributed by atoms with Crippen LogP contribution in [-0.2, 0) is 20.0 Å². The second-order valence-corrected chi connectivity index (χ2v) is 31.3. The van der Waals surface area contributed by atoms with Crippen LogP contribution >= 0.6 is 0 Å². The summed E-state index contributed by atoms with van der Waals surface area (Å²) in [5.41, 5.74) is 15.0. The average Bonchev–Trinajstić information content (AvgIpc) is 3.58. The van der Waals surface area contributed by atoms with E-state index >= 15 is 0 Å². The van der Waals surface area contributed by atoms with Crippen LogP contribution in [0.25, 0.3) is 34.4 Å². The zero-order valence-electron chi connectivity index (χ0n) is 29.2. The molecule has 0 aromatic heterocycles. The van der Waals surface area contributed by atoms with Gasteiger partial charge in [-0.3, -0.25) is 0 Å². The Morgan fingerprint density at radius 3 is 1.29 bits per heavy atom. The van der Waals surface area contributed by atoms with Gasteiger partial charge in [0.15, 0.2) is 0 Å². The zero-order chi connectivity index (χ0) is 32.0. The van der Waals surface area contributed by atoms with Gasteiger partial charge in [0.05, 0.1) is 0 Å². The summed E-state index contributed by atoms with van der Waals surface area (Å²) in [6.45, 7) is 9.63. The Hall–Kier alpha value is -2.59. The van der Waals surface area contributed by atoms with E-state index in [2.05, 4.69) is 125 Å². The Morgan fingerprint density at radius 1 is 0.583 bits per heavy atom. The van der Waals surface area contributed by atoms with Gasteiger partial charge in [-0.1, -0.05) is 0 Å². The molecule has 0 spiro atoms. The summed E-state index contributed by atoms with van der Waals surface area (Å²) in [6, 6.07) is 31.7. The summed E-state index contributed by atoms with van der Waals surface area (Å²) in [5.74, 6) is 3.10. The van der Waals surface area contributed by atoms with E-state index in [0.29, 0.717) is 19.2 Å². The van der Waals surface area contributed by atoms with Crippen molar-refractivity contribution in [3.63, 3.8) is 0 Å². The van der Waals surface area contributed by atoms with Gasteiger partial charge in [0.1, 0.15) is 0 Å². The Bertz CT molecular complexity index is 1670. The van der Waals surface area contributed by atoms with Crippen LogP contribution in [0, 0.1) is 11.8 Å². The van der Waals surface area contributed by atoms with Gasteiger partial charge in [-0.05, 0) is 0 Å². The predicted molar refractivity (Wildman–Crippen MR) is 191 cm³/mol. The maximum atomic E-state index is 5.50. The normalized spacial score (nSPS) is 17.9. The van der Waals surface area contributed by atoms with Crippen molar-refractivity contribution in [3.8, 4) is 33.8 Å². The number of rotatable bonds is 10. The summed E-state index contributed by atoms with van der Waals surface area (Å²) < 4.78 is 15.3. The molecule has 0 saturated carbocycles. The molecule has 2 aliphatic carbocycles. The molecule has 2 atom stereocenters. The molecule has 4 aromatic rings. The third-order valence-corrected chi connectivity index (χ3v) is 33.2. The first-order chi connectivity index (χ1) is 22.3. The number of hydrogen-bond acceptors (Lipinski definition) is 2. The third-order valence-electron chi connectivity index (χ3n) is 10.8. The quantitative estimate of drug-likeness (QED) is 0.180. The average molecular weight is 846 g/mol. The number of hydrogen-bond donors (Lipinski definition) is 0. The van der Waals surface area contributed by atoms with E-state index < -0.39 is 20.0 Å². The summed E-state index contributed by atoms with van der Waals surface area (Å²) in [6.07, 6.45) is 9.08. The van der Waals surface area contributed by atoms with Crippen molar-refractivity contribution >= 4 is 12.2 Å². The molecule has 2 unspecified atom stereocenters. The van der Waals surface area contributed by atoms with E-state index in [0.717, 1.165) is 11.5 Å². The van der Waals surface area contributed by atoms with Crippen LogP contribution in [-0.4, -0.2) is 14.2 Å². The van der Waals surface area contributed by atoms with E-state index in [1.54, 1.807) is 36.5 Å².